The van der Waals surface area contributed by atoms with Crippen molar-refractivity contribution in [3.05, 3.63) is 95.2 Å². The molecule has 194 valence electrons. The normalized spacial score (nSPS) is 14.1. The van der Waals surface area contributed by atoms with Gasteiger partial charge in [-0.05, 0) is 24.6 Å². The molecule has 0 radical (unpaired) electrons. The van der Waals surface area contributed by atoms with Crippen LogP contribution in [0.3, 0.4) is 0 Å². The molecule has 0 saturated heterocycles. The summed E-state index contributed by atoms with van der Waals surface area (Å²) in [6.07, 6.45) is 5.45. The number of para-hydroxylation sites is 2. The van der Waals surface area contributed by atoms with E-state index in [-0.39, 0.29) is 5.92 Å². The fourth-order valence-corrected chi connectivity index (χ4v) is 4.96. The number of nitrogens with zero attached hydrogens (tertiary/aromatic N) is 7. The molecule has 7 rings (SSSR count). The van der Waals surface area contributed by atoms with Gasteiger partial charge in [0.15, 0.2) is 23.0 Å². The lowest BCUT2D eigenvalue weighted by Crippen LogP contribution is -2.14. The smallest absolute Gasteiger partial charge is 0.244 e. The molecular weight excluding hydrogens is 496 g/mol. The van der Waals surface area contributed by atoms with Crippen LogP contribution in [0.25, 0.3) is 17.0 Å². The van der Waals surface area contributed by atoms with Crippen LogP contribution in [-0.4, -0.2) is 46.7 Å². The van der Waals surface area contributed by atoms with Crippen molar-refractivity contribution in [2.45, 2.75) is 19.4 Å². The first-order chi connectivity index (χ1) is 19.1. The molecule has 0 bridgehead atoms. The Hall–Kier alpha value is -5.19. The number of nitrogens with one attached hydrogen (secondary N) is 1. The van der Waals surface area contributed by atoms with Gasteiger partial charge in [0.25, 0.3) is 0 Å². The molecule has 6 aromatic rings. The maximum atomic E-state index is 6.09. The van der Waals surface area contributed by atoms with Crippen LogP contribution in [0.2, 0.25) is 0 Å². The first kappa shape index (κ1) is 23.0. The number of H-pyrrole nitrogens is 1. The van der Waals surface area contributed by atoms with Crippen LogP contribution in [0.15, 0.2) is 67.3 Å². The summed E-state index contributed by atoms with van der Waals surface area (Å²) in [5.41, 5.74) is 6.23. The van der Waals surface area contributed by atoms with E-state index in [9.17, 15) is 0 Å². The number of aromatic amines is 1. The van der Waals surface area contributed by atoms with Crippen LogP contribution < -0.4 is 14.2 Å². The van der Waals surface area contributed by atoms with E-state index in [0.717, 1.165) is 33.5 Å². The fourth-order valence-electron chi connectivity index (χ4n) is 4.96. The number of ether oxygens (including phenoxy) is 3. The van der Waals surface area contributed by atoms with E-state index in [1.807, 2.05) is 74.9 Å². The third kappa shape index (κ3) is 3.86. The van der Waals surface area contributed by atoms with E-state index in [4.69, 9.17) is 24.3 Å². The van der Waals surface area contributed by atoms with Crippen molar-refractivity contribution in [1.82, 2.24) is 39.6 Å². The molecule has 11 nitrogen and oxygen atoms in total. The van der Waals surface area contributed by atoms with Gasteiger partial charge in [0, 0.05) is 35.6 Å². The molecule has 1 aliphatic rings. The van der Waals surface area contributed by atoms with E-state index in [0.29, 0.717) is 41.3 Å². The van der Waals surface area contributed by atoms with Crippen LogP contribution in [0.5, 0.6) is 23.3 Å². The average Bonchev–Trinajstić information content (AvgIpc) is 3.69. The summed E-state index contributed by atoms with van der Waals surface area (Å²) in [5.74, 6) is 2.74. The Morgan fingerprint density at radius 1 is 1.03 bits per heavy atom. The van der Waals surface area contributed by atoms with E-state index in [2.05, 4.69) is 20.3 Å². The molecule has 1 N–H and O–H groups in total. The maximum Gasteiger partial charge on any atom is 0.244 e. The largest absolute Gasteiger partial charge is 0.493 e. The first-order valence-corrected chi connectivity index (χ1v) is 12.4. The summed E-state index contributed by atoms with van der Waals surface area (Å²) in [6.45, 7) is 2.39. The number of hydrogen-bond acceptors (Lipinski definition) is 8. The number of aryl methyl sites for hydroxylation is 2. The standard InChI is InChI=1S/C28H24N8O3/c1-16-22-23(19-12-30-35(2)13-19)24-26-31-25(34-36(26)15-29-27(24)39-28(22)33-32-16)18-10-8-17(9-11-18)14-38-21-7-5-4-6-20(21)37-3/h4-13,15,23H,14H2,1-3H3,(H,32,33)/t23-/m0/s1. The second-order valence-electron chi connectivity index (χ2n) is 9.35. The second-order valence-corrected chi connectivity index (χ2v) is 9.35. The molecule has 0 aliphatic carbocycles. The lowest BCUT2D eigenvalue weighted by molar-refractivity contribution is 0.284. The van der Waals surface area contributed by atoms with Crippen LogP contribution >= 0.6 is 0 Å². The lowest BCUT2D eigenvalue weighted by atomic mass is 9.86. The van der Waals surface area contributed by atoms with Crippen molar-refractivity contribution in [3.8, 4) is 34.6 Å². The SMILES string of the molecule is COc1ccccc1OCc1ccc(-c2nc3c4c(ncn3n2)Oc2n[nH]c(C)c2[C@@H]4c2cnn(C)c2)cc1. The summed E-state index contributed by atoms with van der Waals surface area (Å²) in [5, 5.41) is 16.5. The van der Waals surface area contributed by atoms with Crippen molar-refractivity contribution >= 4 is 5.65 Å². The molecule has 0 amide bonds. The van der Waals surface area contributed by atoms with Crippen LogP contribution in [0.1, 0.15) is 33.9 Å². The van der Waals surface area contributed by atoms with Crippen LogP contribution in [-0.2, 0) is 13.7 Å². The lowest BCUT2D eigenvalue weighted by Gasteiger charge is -2.24. The highest BCUT2D eigenvalue weighted by Crippen LogP contribution is 2.48. The summed E-state index contributed by atoms with van der Waals surface area (Å²) < 4.78 is 20.9. The molecule has 0 unspecified atom stereocenters. The molecule has 0 spiro atoms. The third-order valence-electron chi connectivity index (χ3n) is 6.85. The van der Waals surface area contributed by atoms with E-state index < -0.39 is 0 Å². The molecule has 1 aliphatic heterocycles. The van der Waals surface area contributed by atoms with Gasteiger partial charge in [-0.15, -0.1) is 10.2 Å². The van der Waals surface area contributed by atoms with Gasteiger partial charge < -0.3 is 14.2 Å². The number of benzene rings is 2. The van der Waals surface area contributed by atoms with Gasteiger partial charge in [-0.3, -0.25) is 9.78 Å². The highest BCUT2D eigenvalue weighted by atomic mass is 16.5. The minimum atomic E-state index is -0.209. The van der Waals surface area contributed by atoms with Crippen molar-refractivity contribution in [2.75, 3.05) is 7.11 Å². The highest BCUT2D eigenvalue weighted by Gasteiger charge is 2.37. The third-order valence-corrected chi connectivity index (χ3v) is 6.85. The minimum Gasteiger partial charge on any atom is -0.493 e. The van der Waals surface area contributed by atoms with E-state index in [1.165, 1.54) is 0 Å². The number of aromatic nitrogens is 8. The van der Waals surface area contributed by atoms with Crippen molar-refractivity contribution < 1.29 is 14.2 Å². The van der Waals surface area contributed by atoms with Gasteiger partial charge >= 0.3 is 0 Å². The highest BCUT2D eigenvalue weighted by molar-refractivity contribution is 5.68. The maximum absolute atomic E-state index is 6.09. The van der Waals surface area contributed by atoms with Gasteiger partial charge in [0.1, 0.15) is 12.9 Å². The zero-order valence-electron chi connectivity index (χ0n) is 21.5. The Labute approximate surface area is 223 Å². The summed E-state index contributed by atoms with van der Waals surface area (Å²) in [4.78, 5) is 9.49. The molecule has 39 heavy (non-hydrogen) atoms. The first-order valence-electron chi connectivity index (χ1n) is 12.4. The monoisotopic (exact) mass is 520 g/mol. The number of methoxy groups -OCH3 is 1. The van der Waals surface area contributed by atoms with Gasteiger partial charge in [-0.25, -0.2) is 14.5 Å². The molecule has 4 aromatic heterocycles. The Morgan fingerprint density at radius 3 is 2.62 bits per heavy atom. The van der Waals surface area contributed by atoms with E-state index >= 15 is 0 Å². The van der Waals surface area contributed by atoms with Gasteiger partial charge in [-0.1, -0.05) is 36.4 Å². The Bertz CT molecular complexity index is 1820. The quantitative estimate of drug-likeness (QED) is 0.342. The predicted octanol–water partition coefficient (Wildman–Crippen LogP) is 4.43. The molecule has 11 heteroatoms. The Morgan fingerprint density at radius 2 is 1.85 bits per heavy atom. The number of fused-ring (bicyclic) bond motifs is 4. The minimum absolute atomic E-state index is 0.209. The van der Waals surface area contributed by atoms with Crippen molar-refractivity contribution in [3.63, 3.8) is 0 Å². The zero-order chi connectivity index (χ0) is 26.5. The topological polar surface area (TPSA) is 117 Å². The van der Waals surface area contributed by atoms with Crippen LogP contribution in [0.4, 0.5) is 0 Å². The summed E-state index contributed by atoms with van der Waals surface area (Å²) in [6, 6.07) is 15.6. The predicted molar refractivity (Wildman–Crippen MR) is 141 cm³/mol. The van der Waals surface area contributed by atoms with Gasteiger partial charge in [0.05, 0.1) is 24.8 Å². The van der Waals surface area contributed by atoms with Crippen molar-refractivity contribution in [1.29, 1.82) is 0 Å². The molecule has 0 fully saturated rings. The van der Waals surface area contributed by atoms with Gasteiger partial charge in [-0.2, -0.15) is 5.10 Å². The zero-order valence-corrected chi connectivity index (χ0v) is 21.5. The van der Waals surface area contributed by atoms with E-state index in [1.54, 1.807) is 22.6 Å². The Balaban J connectivity index is 1.23. The molecular formula is C28H24N8O3. The molecule has 1 atom stereocenters. The Kier molecular flexibility index (Phi) is 5.29. The summed E-state index contributed by atoms with van der Waals surface area (Å²) >= 11 is 0. The molecule has 0 saturated carbocycles. The van der Waals surface area contributed by atoms with Gasteiger partial charge in [0.2, 0.25) is 11.8 Å². The number of hydrogen-bond donors (Lipinski definition) is 1. The molecule has 2 aromatic carbocycles. The second kappa shape index (κ2) is 8.98. The summed E-state index contributed by atoms with van der Waals surface area (Å²) in [7, 11) is 3.53. The average molecular weight is 521 g/mol. The fraction of sp³-hybridized carbons (Fsp3) is 0.179. The molecule has 5 heterocycles. The van der Waals surface area contributed by atoms with Crippen LogP contribution in [0, 0.1) is 6.92 Å². The number of rotatable bonds is 6. The van der Waals surface area contributed by atoms with Crippen molar-refractivity contribution in [2.24, 2.45) is 7.05 Å².